The summed E-state index contributed by atoms with van der Waals surface area (Å²) in [6.45, 7) is 0. The van der Waals surface area contributed by atoms with Crippen LogP contribution in [0.3, 0.4) is 0 Å². The molecule has 1 rings (SSSR count). The average Bonchev–Trinajstić information content (AvgIpc) is 2.40. The summed E-state index contributed by atoms with van der Waals surface area (Å²) in [4.78, 5) is 32.6. The van der Waals surface area contributed by atoms with Gasteiger partial charge >= 0.3 is 5.97 Å². The van der Waals surface area contributed by atoms with E-state index in [0.717, 1.165) is 16.2 Å². The highest BCUT2D eigenvalue weighted by molar-refractivity contribution is 9.10. The minimum absolute atomic E-state index is 0.111. The molecule has 8 heteroatoms. The zero-order chi connectivity index (χ0) is 15.0. The number of carboxylic acids is 1. The molecule has 0 heterocycles. The number of carbonyl (C=O) groups is 3. The van der Waals surface area contributed by atoms with Gasteiger partial charge in [-0.15, -0.1) is 11.8 Å². The Bertz CT molecular complexity index is 481. The van der Waals surface area contributed by atoms with Crippen LogP contribution in [0.4, 0.5) is 5.69 Å². The standard InChI is InChI=1S/C12H13BrN2O4S/c13-8-1-3-9(4-2-8)15-11(17)6-20-5-10(12(18)19)14-7-16/h1-4,7,10H,5-6H2,(H,14,16)(H,15,17)(H,18,19). The van der Waals surface area contributed by atoms with Crippen LogP contribution in [0.25, 0.3) is 0 Å². The quantitative estimate of drug-likeness (QED) is 0.607. The average molecular weight is 361 g/mol. The van der Waals surface area contributed by atoms with Gasteiger partial charge in [0.25, 0.3) is 0 Å². The van der Waals surface area contributed by atoms with Gasteiger partial charge in [-0.05, 0) is 24.3 Å². The number of amides is 2. The van der Waals surface area contributed by atoms with Gasteiger partial charge in [0, 0.05) is 15.9 Å². The van der Waals surface area contributed by atoms with Gasteiger partial charge in [-0.3, -0.25) is 9.59 Å². The second kappa shape index (κ2) is 8.60. The van der Waals surface area contributed by atoms with E-state index in [0.29, 0.717) is 12.1 Å². The molecule has 1 atom stereocenters. The number of thioether (sulfide) groups is 1. The first-order valence-corrected chi connectivity index (χ1v) is 7.53. The van der Waals surface area contributed by atoms with Crippen LogP contribution in [-0.2, 0) is 14.4 Å². The molecular weight excluding hydrogens is 348 g/mol. The summed E-state index contributed by atoms with van der Waals surface area (Å²) in [6.07, 6.45) is 0.335. The Kier molecular flexibility index (Phi) is 7.10. The van der Waals surface area contributed by atoms with Crippen molar-refractivity contribution in [2.45, 2.75) is 6.04 Å². The molecule has 0 radical (unpaired) electrons. The van der Waals surface area contributed by atoms with Crippen LogP contribution in [-0.4, -0.2) is 40.9 Å². The molecule has 0 fully saturated rings. The fourth-order valence-corrected chi connectivity index (χ4v) is 2.39. The maximum atomic E-state index is 11.6. The molecule has 0 saturated carbocycles. The number of carbonyl (C=O) groups excluding carboxylic acids is 2. The minimum atomic E-state index is -1.13. The van der Waals surface area contributed by atoms with Crippen molar-refractivity contribution in [1.82, 2.24) is 5.32 Å². The summed E-state index contributed by atoms with van der Waals surface area (Å²) in [5, 5.41) is 13.7. The van der Waals surface area contributed by atoms with Crippen LogP contribution < -0.4 is 10.6 Å². The summed E-state index contributed by atoms with van der Waals surface area (Å²) in [7, 11) is 0. The second-order valence-corrected chi connectivity index (χ2v) is 5.69. The van der Waals surface area contributed by atoms with E-state index in [9.17, 15) is 14.4 Å². The van der Waals surface area contributed by atoms with Crippen molar-refractivity contribution >= 4 is 51.7 Å². The number of hydrogen-bond acceptors (Lipinski definition) is 4. The highest BCUT2D eigenvalue weighted by Gasteiger charge is 2.16. The third-order valence-corrected chi connectivity index (χ3v) is 3.78. The van der Waals surface area contributed by atoms with Crippen molar-refractivity contribution < 1.29 is 19.5 Å². The molecule has 6 nitrogen and oxygen atoms in total. The smallest absolute Gasteiger partial charge is 0.327 e. The Balaban J connectivity index is 2.34. The summed E-state index contributed by atoms with van der Waals surface area (Å²) < 4.78 is 0.911. The largest absolute Gasteiger partial charge is 0.480 e. The van der Waals surface area contributed by atoms with Gasteiger partial charge in [0.15, 0.2) is 0 Å². The maximum absolute atomic E-state index is 11.6. The summed E-state index contributed by atoms with van der Waals surface area (Å²) in [6, 6.07) is 6.12. The fraction of sp³-hybridized carbons (Fsp3) is 0.250. The van der Waals surface area contributed by atoms with Gasteiger partial charge < -0.3 is 15.7 Å². The molecule has 20 heavy (non-hydrogen) atoms. The third-order valence-electron chi connectivity index (χ3n) is 2.21. The van der Waals surface area contributed by atoms with Crippen LogP contribution in [0.1, 0.15) is 0 Å². The number of nitrogens with one attached hydrogen (secondary N) is 2. The fourth-order valence-electron chi connectivity index (χ4n) is 1.27. The molecule has 0 aliphatic carbocycles. The van der Waals surface area contributed by atoms with Gasteiger partial charge in [-0.1, -0.05) is 15.9 Å². The van der Waals surface area contributed by atoms with Crippen LogP contribution >= 0.6 is 27.7 Å². The first-order valence-electron chi connectivity index (χ1n) is 5.58. The number of anilines is 1. The summed E-state index contributed by atoms with van der Waals surface area (Å²) in [5.41, 5.74) is 0.666. The van der Waals surface area contributed by atoms with E-state index in [-0.39, 0.29) is 17.4 Å². The van der Waals surface area contributed by atoms with E-state index in [1.807, 2.05) is 0 Å². The number of halogens is 1. The molecule has 0 aromatic heterocycles. The van der Waals surface area contributed by atoms with Crippen molar-refractivity contribution in [3.63, 3.8) is 0 Å². The Morgan fingerprint density at radius 3 is 2.55 bits per heavy atom. The molecule has 0 aliphatic rings. The van der Waals surface area contributed by atoms with E-state index < -0.39 is 12.0 Å². The van der Waals surface area contributed by atoms with Gasteiger partial charge in [0.2, 0.25) is 12.3 Å². The lowest BCUT2D eigenvalue weighted by molar-refractivity contribution is -0.139. The van der Waals surface area contributed by atoms with Crippen molar-refractivity contribution in [3.05, 3.63) is 28.7 Å². The highest BCUT2D eigenvalue weighted by Crippen LogP contribution is 2.14. The van der Waals surface area contributed by atoms with E-state index in [4.69, 9.17) is 5.11 Å². The third kappa shape index (κ3) is 6.07. The van der Waals surface area contributed by atoms with E-state index >= 15 is 0 Å². The first kappa shape index (κ1) is 16.5. The normalized spacial score (nSPS) is 11.4. The molecule has 0 bridgehead atoms. The summed E-state index contributed by atoms with van der Waals surface area (Å²) in [5.74, 6) is -1.12. The van der Waals surface area contributed by atoms with Crippen molar-refractivity contribution in [3.8, 4) is 0 Å². The van der Waals surface area contributed by atoms with Crippen LogP contribution in [0.15, 0.2) is 28.7 Å². The number of aliphatic carboxylic acids is 1. The molecule has 3 N–H and O–H groups in total. The molecule has 108 valence electrons. The Labute approximate surface area is 128 Å². The number of hydrogen-bond donors (Lipinski definition) is 3. The van der Waals surface area contributed by atoms with E-state index in [1.165, 1.54) is 0 Å². The van der Waals surface area contributed by atoms with Gasteiger partial charge in [-0.25, -0.2) is 4.79 Å². The summed E-state index contributed by atoms with van der Waals surface area (Å²) >= 11 is 4.43. The van der Waals surface area contributed by atoms with Crippen molar-refractivity contribution in [2.24, 2.45) is 0 Å². The number of rotatable bonds is 8. The lowest BCUT2D eigenvalue weighted by atomic mass is 10.3. The highest BCUT2D eigenvalue weighted by atomic mass is 79.9. The Morgan fingerprint density at radius 1 is 1.35 bits per heavy atom. The van der Waals surface area contributed by atoms with Gasteiger partial charge in [-0.2, -0.15) is 0 Å². The molecule has 0 spiro atoms. The molecule has 2 amide bonds. The zero-order valence-electron chi connectivity index (χ0n) is 10.3. The van der Waals surface area contributed by atoms with Crippen molar-refractivity contribution in [1.29, 1.82) is 0 Å². The minimum Gasteiger partial charge on any atom is -0.480 e. The lowest BCUT2D eigenvalue weighted by Gasteiger charge is -2.10. The first-order chi connectivity index (χ1) is 9.52. The predicted octanol–water partition coefficient (Wildman–Crippen LogP) is 1.32. The molecule has 1 unspecified atom stereocenters. The lowest BCUT2D eigenvalue weighted by Crippen LogP contribution is -2.38. The molecule has 0 saturated heterocycles. The maximum Gasteiger partial charge on any atom is 0.327 e. The second-order valence-electron chi connectivity index (χ2n) is 3.75. The number of benzene rings is 1. The molecular formula is C12H13BrN2O4S. The van der Waals surface area contributed by atoms with Gasteiger partial charge in [0.1, 0.15) is 6.04 Å². The topological polar surface area (TPSA) is 95.5 Å². The van der Waals surface area contributed by atoms with Crippen LogP contribution in [0.2, 0.25) is 0 Å². The van der Waals surface area contributed by atoms with Crippen molar-refractivity contribution in [2.75, 3.05) is 16.8 Å². The van der Waals surface area contributed by atoms with Crippen LogP contribution in [0, 0.1) is 0 Å². The van der Waals surface area contributed by atoms with Gasteiger partial charge in [0.05, 0.1) is 5.75 Å². The van der Waals surface area contributed by atoms with E-state index in [1.54, 1.807) is 24.3 Å². The monoisotopic (exact) mass is 360 g/mol. The SMILES string of the molecule is O=CNC(CSCC(=O)Nc1ccc(Br)cc1)C(=O)O. The predicted molar refractivity (Wildman–Crippen MR) is 80.7 cm³/mol. The Morgan fingerprint density at radius 2 is 2.00 bits per heavy atom. The zero-order valence-corrected chi connectivity index (χ0v) is 12.7. The van der Waals surface area contributed by atoms with E-state index in [2.05, 4.69) is 26.6 Å². The van der Waals surface area contributed by atoms with Crippen LogP contribution in [0.5, 0.6) is 0 Å². The molecule has 1 aromatic carbocycles. The molecule has 0 aliphatic heterocycles. The molecule has 1 aromatic rings. The Hall–Kier alpha value is -1.54. The number of carboxylic acid groups (broad SMARTS) is 1.